The molecule has 0 atom stereocenters. The van der Waals surface area contributed by atoms with Crippen LogP contribution in [0.15, 0.2) is 6.07 Å². The molecule has 2 aliphatic rings. The first-order chi connectivity index (χ1) is 10.2. The molecule has 116 valence electrons. The molecular weight excluding hydrogens is 288 g/mol. The highest BCUT2D eigenvalue weighted by Gasteiger charge is 2.22. The van der Waals surface area contributed by atoms with Gasteiger partial charge in [0.25, 0.3) is 0 Å². The van der Waals surface area contributed by atoms with Crippen molar-refractivity contribution in [2.24, 2.45) is 0 Å². The molecule has 21 heavy (non-hydrogen) atoms. The number of nitrogens with zero attached hydrogens (tertiary/aromatic N) is 2. The molecule has 0 aliphatic carbocycles. The van der Waals surface area contributed by atoms with Crippen LogP contribution in [0.2, 0.25) is 0 Å². The maximum atomic E-state index is 11.0. The van der Waals surface area contributed by atoms with E-state index in [1.165, 1.54) is 35.7 Å². The van der Waals surface area contributed by atoms with E-state index in [9.17, 15) is 4.79 Å². The Morgan fingerprint density at radius 2 is 2.14 bits per heavy atom. The fraction of sp³-hybridized carbons (Fsp3) is 0.667. The van der Waals surface area contributed by atoms with Crippen molar-refractivity contribution in [1.29, 1.82) is 0 Å². The Morgan fingerprint density at radius 3 is 2.90 bits per heavy atom. The molecule has 0 unspecified atom stereocenters. The first kappa shape index (κ1) is 14.7. The summed E-state index contributed by atoms with van der Waals surface area (Å²) in [7, 11) is 0. The summed E-state index contributed by atoms with van der Waals surface area (Å²) in [5.74, 6) is 0. The Balaban J connectivity index is 1.45. The number of hydrogen-bond donors (Lipinski definition) is 1. The summed E-state index contributed by atoms with van der Waals surface area (Å²) in [6, 6.07) is 2.02. The average Bonchev–Trinajstić information content (AvgIpc) is 3.11. The fourth-order valence-corrected chi connectivity index (χ4v) is 4.04. The molecule has 0 saturated carbocycles. The van der Waals surface area contributed by atoms with Gasteiger partial charge in [-0.3, -0.25) is 0 Å². The van der Waals surface area contributed by atoms with Crippen LogP contribution in [0.25, 0.3) is 0 Å². The number of carboxylic acid groups (broad SMARTS) is 1. The van der Waals surface area contributed by atoms with Crippen LogP contribution in [0.5, 0.6) is 5.06 Å². The molecule has 3 heterocycles. The second-order valence-corrected chi connectivity index (χ2v) is 6.82. The SMILES string of the molecule is O=C(O)N1CCc2sc(OCCCN3CCCC3)cc2C1. The highest BCUT2D eigenvalue weighted by Crippen LogP contribution is 2.33. The summed E-state index contributed by atoms with van der Waals surface area (Å²) >= 11 is 1.68. The molecular formula is C15H22N2O3S. The molecule has 1 amide bonds. The number of thiophene rings is 1. The molecule has 5 nitrogen and oxygen atoms in total. The summed E-state index contributed by atoms with van der Waals surface area (Å²) in [6.07, 6.45) is 3.70. The molecule has 0 bridgehead atoms. The second kappa shape index (κ2) is 6.66. The number of likely N-dealkylation sites (tertiary alicyclic amines) is 1. The van der Waals surface area contributed by atoms with Crippen molar-refractivity contribution in [1.82, 2.24) is 9.80 Å². The highest BCUT2D eigenvalue weighted by atomic mass is 32.1. The maximum absolute atomic E-state index is 11.0. The molecule has 0 radical (unpaired) electrons. The molecule has 1 fully saturated rings. The van der Waals surface area contributed by atoms with Gasteiger partial charge in [0.05, 0.1) is 13.2 Å². The van der Waals surface area contributed by atoms with E-state index in [4.69, 9.17) is 9.84 Å². The van der Waals surface area contributed by atoms with E-state index in [0.29, 0.717) is 13.1 Å². The third-order valence-corrected chi connectivity index (χ3v) is 5.33. The smallest absolute Gasteiger partial charge is 0.407 e. The fourth-order valence-electron chi connectivity index (χ4n) is 3.01. The lowest BCUT2D eigenvalue weighted by atomic mass is 10.1. The van der Waals surface area contributed by atoms with Crippen LogP contribution in [0, 0.1) is 0 Å². The normalized spacial score (nSPS) is 18.8. The van der Waals surface area contributed by atoms with Gasteiger partial charge in [-0.05, 0) is 44.0 Å². The van der Waals surface area contributed by atoms with Crippen LogP contribution in [0.4, 0.5) is 4.79 Å². The van der Waals surface area contributed by atoms with Gasteiger partial charge in [0.2, 0.25) is 0 Å². The van der Waals surface area contributed by atoms with E-state index in [1.54, 1.807) is 11.3 Å². The standard InChI is InChI=1S/C15H22N2O3S/c18-15(19)17-8-4-13-12(11-17)10-14(21-13)20-9-3-7-16-5-1-2-6-16/h10H,1-9,11H2,(H,18,19). The van der Waals surface area contributed by atoms with Gasteiger partial charge in [0.15, 0.2) is 5.06 Å². The number of hydrogen-bond acceptors (Lipinski definition) is 4. The molecule has 0 aromatic carbocycles. The van der Waals surface area contributed by atoms with Crippen molar-refractivity contribution in [3.8, 4) is 5.06 Å². The predicted molar refractivity (Wildman–Crippen MR) is 82.2 cm³/mol. The van der Waals surface area contributed by atoms with Crippen LogP contribution in [0.1, 0.15) is 29.7 Å². The second-order valence-electron chi connectivity index (χ2n) is 5.72. The lowest BCUT2D eigenvalue weighted by molar-refractivity contribution is 0.140. The molecule has 1 aromatic heterocycles. The first-order valence-electron chi connectivity index (χ1n) is 7.67. The van der Waals surface area contributed by atoms with Gasteiger partial charge >= 0.3 is 6.09 Å². The van der Waals surface area contributed by atoms with E-state index < -0.39 is 6.09 Å². The van der Waals surface area contributed by atoms with Gasteiger partial charge in [0.1, 0.15) is 0 Å². The monoisotopic (exact) mass is 310 g/mol. The minimum absolute atomic E-state index is 0.498. The molecule has 1 aromatic rings. The Labute approximate surface area is 129 Å². The van der Waals surface area contributed by atoms with E-state index in [2.05, 4.69) is 4.90 Å². The number of fused-ring (bicyclic) bond motifs is 1. The highest BCUT2D eigenvalue weighted by molar-refractivity contribution is 7.14. The van der Waals surface area contributed by atoms with Crippen molar-refractivity contribution in [2.45, 2.75) is 32.2 Å². The van der Waals surface area contributed by atoms with Gasteiger partial charge in [0, 0.05) is 24.4 Å². The average molecular weight is 310 g/mol. The zero-order valence-electron chi connectivity index (χ0n) is 12.2. The van der Waals surface area contributed by atoms with Crippen LogP contribution < -0.4 is 4.74 Å². The number of amides is 1. The Hall–Kier alpha value is -1.27. The molecule has 1 N–H and O–H groups in total. The predicted octanol–water partition coefficient (Wildman–Crippen LogP) is 2.65. The van der Waals surface area contributed by atoms with E-state index in [1.807, 2.05) is 6.07 Å². The van der Waals surface area contributed by atoms with Crippen LogP contribution in [-0.2, 0) is 13.0 Å². The molecule has 3 rings (SSSR count). The Morgan fingerprint density at radius 1 is 1.33 bits per heavy atom. The van der Waals surface area contributed by atoms with Gasteiger partial charge < -0.3 is 19.6 Å². The minimum atomic E-state index is -0.833. The zero-order chi connectivity index (χ0) is 14.7. The third-order valence-electron chi connectivity index (χ3n) is 4.18. The van der Waals surface area contributed by atoms with E-state index >= 15 is 0 Å². The summed E-state index contributed by atoms with van der Waals surface area (Å²) in [6.45, 7) is 5.43. The Kier molecular flexibility index (Phi) is 4.65. The van der Waals surface area contributed by atoms with Gasteiger partial charge in [-0.25, -0.2) is 4.79 Å². The van der Waals surface area contributed by atoms with Crippen molar-refractivity contribution in [2.75, 3.05) is 32.8 Å². The van der Waals surface area contributed by atoms with Crippen LogP contribution in [0.3, 0.4) is 0 Å². The number of ether oxygens (including phenoxy) is 1. The van der Waals surface area contributed by atoms with Crippen molar-refractivity contribution in [3.05, 3.63) is 16.5 Å². The third kappa shape index (κ3) is 3.68. The molecule has 2 aliphatic heterocycles. The van der Waals surface area contributed by atoms with Crippen LogP contribution in [-0.4, -0.2) is 53.8 Å². The quantitative estimate of drug-likeness (QED) is 0.850. The Bertz CT molecular complexity index is 497. The summed E-state index contributed by atoms with van der Waals surface area (Å²) in [4.78, 5) is 16.2. The van der Waals surface area contributed by atoms with Crippen molar-refractivity contribution in [3.63, 3.8) is 0 Å². The molecule has 0 spiro atoms. The number of carbonyl (C=O) groups is 1. The lowest BCUT2D eigenvalue weighted by Crippen LogP contribution is -2.33. The van der Waals surface area contributed by atoms with E-state index in [-0.39, 0.29) is 0 Å². The van der Waals surface area contributed by atoms with Crippen molar-refractivity contribution < 1.29 is 14.6 Å². The topological polar surface area (TPSA) is 53.0 Å². The zero-order valence-corrected chi connectivity index (χ0v) is 13.0. The maximum Gasteiger partial charge on any atom is 0.407 e. The summed E-state index contributed by atoms with van der Waals surface area (Å²) < 4.78 is 5.84. The van der Waals surface area contributed by atoms with Gasteiger partial charge in [-0.15, -0.1) is 11.3 Å². The van der Waals surface area contributed by atoms with Crippen molar-refractivity contribution >= 4 is 17.4 Å². The lowest BCUT2D eigenvalue weighted by Gasteiger charge is -2.23. The minimum Gasteiger partial charge on any atom is -0.484 e. The van der Waals surface area contributed by atoms with Crippen LogP contribution >= 0.6 is 11.3 Å². The summed E-state index contributed by atoms with van der Waals surface area (Å²) in [5.41, 5.74) is 1.11. The summed E-state index contributed by atoms with van der Waals surface area (Å²) in [5, 5.41) is 9.98. The van der Waals surface area contributed by atoms with E-state index in [0.717, 1.165) is 36.6 Å². The molecule has 1 saturated heterocycles. The molecule has 6 heteroatoms. The number of rotatable bonds is 5. The van der Waals surface area contributed by atoms with Gasteiger partial charge in [-0.1, -0.05) is 0 Å². The first-order valence-corrected chi connectivity index (χ1v) is 8.48. The van der Waals surface area contributed by atoms with Gasteiger partial charge in [-0.2, -0.15) is 0 Å². The largest absolute Gasteiger partial charge is 0.484 e.